The molecule has 0 spiro atoms. The molecular formula is C17H24N4O2S. The number of thiazole rings is 1. The number of rotatable bonds is 4. The third-order valence-corrected chi connectivity index (χ3v) is 5.62. The molecule has 2 amide bonds. The molecular weight excluding hydrogens is 324 g/mol. The maximum absolute atomic E-state index is 12.5. The topological polar surface area (TPSA) is 67.2 Å². The Hall–Kier alpha value is -2.15. The molecule has 0 saturated heterocycles. The number of aromatic nitrogens is 2. The molecule has 0 aromatic carbocycles. The molecule has 2 aromatic rings. The van der Waals surface area contributed by atoms with E-state index in [0.717, 1.165) is 15.6 Å². The number of carbonyl (C=O) groups excluding carboxylic acids is 1. The summed E-state index contributed by atoms with van der Waals surface area (Å²) in [4.78, 5) is 31.8. The number of aryl methyl sites for hydroxylation is 2. The molecule has 2 aromatic heterocycles. The number of hydrogen-bond acceptors (Lipinski definition) is 4. The quantitative estimate of drug-likeness (QED) is 0.919. The van der Waals surface area contributed by atoms with E-state index >= 15 is 0 Å². The number of hydrogen-bond donors (Lipinski definition) is 1. The minimum Gasteiger partial charge on any atom is -0.320 e. The highest BCUT2D eigenvalue weighted by atomic mass is 32.1. The van der Waals surface area contributed by atoms with Crippen molar-refractivity contribution in [2.75, 3.05) is 12.4 Å². The SMILES string of the molecule is Cc1nc(C(C)C)sc1[C@@H](C)N(C)C(=O)Nc1cccn(C)c1=O. The lowest BCUT2D eigenvalue weighted by Gasteiger charge is -2.24. The van der Waals surface area contributed by atoms with Gasteiger partial charge in [-0.3, -0.25) is 4.79 Å². The average Bonchev–Trinajstić information content (AvgIpc) is 2.92. The normalized spacial score (nSPS) is 12.3. The molecule has 24 heavy (non-hydrogen) atoms. The summed E-state index contributed by atoms with van der Waals surface area (Å²) < 4.78 is 1.43. The van der Waals surface area contributed by atoms with Crippen molar-refractivity contribution in [3.63, 3.8) is 0 Å². The molecule has 0 bridgehead atoms. The van der Waals surface area contributed by atoms with Crippen LogP contribution in [0.15, 0.2) is 23.1 Å². The molecule has 0 aliphatic carbocycles. The van der Waals surface area contributed by atoms with Crippen molar-refractivity contribution in [2.24, 2.45) is 7.05 Å². The van der Waals surface area contributed by atoms with Crippen molar-refractivity contribution in [2.45, 2.75) is 39.7 Å². The van der Waals surface area contributed by atoms with Crippen LogP contribution in [0.1, 0.15) is 48.3 Å². The number of urea groups is 1. The number of pyridine rings is 1. The Kier molecular flexibility index (Phi) is 5.43. The zero-order valence-corrected chi connectivity index (χ0v) is 15.8. The lowest BCUT2D eigenvalue weighted by atomic mass is 10.2. The van der Waals surface area contributed by atoms with Crippen LogP contribution in [0.2, 0.25) is 0 Å². The summed E-state index contributed by atoms with van der Waals surface area (Å²) in [5.74, 6) is 0.362. The summed E-state index contributed by atoms with van der Waals surface area (Å²) in [6, 6.07) is 2.89. The van der Waals surface area contributed by atoms with Crippen molar-refractivity contribution < 1.29 is 4.79 Å². The maximum atomic E-state index is 12.5. The van der Waals surface area contributed by atoms with E-state index in [-0.39, 0.29) is 23.3 Å². The molecule has 0 aliphatic rings. The highest BCUT2D eigenvalue weighted by Gasteiger charge is 2.23. The number of anilines is 1. The monoisotopic (exact) mass is 348 g/mol. The Labute approximate surface area is 146 Å². The number of carbonyl (C=O) groups is 1. The molecule has 2 rings (SSSR count). The van der Waals surface area contributed by atoms with E-state index in [9.17, 15) is 9.59 Å². The van der Waals surface area contributed by atoms with Gasteiger partial charge in [0, 0.05) is 31.1 Å². The van der Waals surface area contributed by atoms with Gasteiger partial charge in [0.1, 0.15) is 5.69 Å². The number of nitrogens with zero attached hydrogens (tertiary/aromatic N) is 3. The molecule has 0 saturated carbocycles. The van der Waals surface area contributed by atoms with E-state index in [2.05, 4.69) is 24.1 Å². The van der Waals surface area contributed by atoms with Gasteiger partial charge in [0.15, 0.2) is 0 Å². The first kappa shape index (κ1) is 18.2. The van der Waals surface area contributed by atoms with Crippen LogP contribution in [-0.2, 0) is 7.05 Å². The van der Waals surface area contributed by atoms with Gasteiger partial charge < -0.3 is 14.8 Å². The minimum absolute atomic E-state index is 0.123. The smallest absolute Gasteiger partial charge is 0.320 e. The van der Waals surface area contributed by atoms with Crippen molar-refractivity contribution in [1.29, 1.82) is 0 Å². The van der Waals surface area contributed by atoms with Gasteiger partial charge in [-0.2, -0.15) is 0 Å². The third kappa shape index (κ3) is 3.67. The van der Waals surface area contributed by atoms with Crippen LogP contribution in [0.4, 0.5) is 10.5 Å². The van der Waals surface area contributed by atoms with Crippen molar-refractivity contribution in [3.05, 3.63) is 44.3 Å². The molecule has 1 atom stereocenters. The summed E-state index contributed by atoms with van der Waals surface area (Å²) in [5, 5.41) is 3.76. The Morgan fingerprint density at radius 3 is 2.62 bits per heavy atom. The Morgan fingerprint density at radius 1 is 1.38 bits per heavy atom. The predicted molar refractivity (Wildman–Crippen MR) is 97.8 cm³/mol. The highest BCUT2D eigenvalue weighted by molar-refractivity contribution is 7.11. The molecule has 2 heterocycles. The fourth-order valence-corrected chi connectivity index (χ4v) is 3.48. The Bertz CT molecular complexity index is 794. The summed E-state index contributed by atoms with van der Waals surface area (Å²) in [6.07, 6.45) is 1.65. The first-order valence-corrected chi connectivity index (χ1v) is 8.70. The molecule has 1 N–H and O–H groups in total. The van der Waals surface area contributed by atoms with E-state index in [4.69, 9.17) is 0 Å². The van der Waals surface area contributed by atoms with Gasteiger partial charge in [0.05, 0.1) is 16.7 Å². The first-order valence-electron chi connectivity index (χ1n) is 7.89. The zero-order valence-electron chi connectivity index (χ0n) is 15.0. The second-order valence-corrected chi connectivity index (χ2v) is 7.27. The van der Waals surface area contributed by atoms with Gasteiger partial charge in [-0.05, 0) is 26.0 Å². The molecule has 6 nitrogen and oxygen atoms in total. The minimum atomic E-state index is -0.315. The van der Waals surface area contributed by atoms with Crippen molar-refractivity contribution in [3.8, 4) is 0 Å². The number of nitrogens with one attached hydrogen (secondary N) is 1. The lowest BCUT2D eigenvalue weighted by molar-refractivity contribution is 0.209. The summed E-state index contributed by atoms with van der Waals surface area (Å²) >= 11 is 1.63. The molecule has 7 heteroatoms. The van der Waals surface area contributed by atoms with E-state index in [1.165, 1.54) is 4.57 Å². The van der Waals surface area contributed by atoms with Crippen LogP contribution in [-0.4, -0.2) is 27.5 Å². The Balaban J connectivity index is 2.18. The lowest BCUT2D eigenvalue weighted by Crippen LogP contribution is -2.35. The molecule has 0 unspecified atom stereocenters. The maximum Gasteiger partial charge on any atom is 0.322 e. The van der Waals surface area contributed by atoms with Crippen LogP contribution < -0.4 is 10.9 Å². The molecule has 0 aliphatic heterocycles. The largest absolute Gasteiger partial charge is 0.322 e. The number of amides is 2. The van der Waals surface area contributed by atoms with Crippen LogP contribution in [0.3, 0.4) is 0 Å². The summed E-state index contributed by atoms with van der Waals surface area (Å²) in [6.45, 7) is 8.14. The zero-order chi connectivity index (χ0) is 18.0. The molecule has 130 valence electrons. The molecule has 0 radical (unpaired) electrons. The van der Waals surface area contributed by atoms with Crippen molar-refractivity contribution in [1.82, 2.24) is 14.5 Å². The summed E-state index contributed by atoms with van der Waals surface area (Å²) in [7, 11) is 3.38. The standard InChI is InChI=1S/C17H24N4O2S/c1-10(2)15-18-11(3)14(24-15)12(4)21(6)17(23)19-13-8-7-9-20(5)16(13)22/h7-10,12H,1-6H3,(H,19,23)/t12-/m1/s1. The summed E-state index contributed by atoms with van der Waals surface area (Å²) in [5.41, 5.74) is 0.988. The van der Waals surface area contributed by atoms with Gasteiger partial charge in [0.2, 0.25) is 0 Å². The van der Waals surface area contributed by atoms with E-state index in [0.29, 0.717) is 5.92 Å². The van der Waals surface area contributed by atoms with E-state index in [1.807, 2.05) is 13.8 Å². The second kappa shape index (κ2) is 7.17. The first-order chi connectivity index (χ1) is 11.2. The second-order valence-electron chi connectivity index (χ2n) is 6.21. The van der Waals surface area contributed by atoms with E-state index < -0.39 is 0 Å². The van der Waals surface area contributed by atoms with Gasteiger partial charge in [0.25, 0.3) is 5.56 Å². The average molecular weight is 348 g/mol. The van der Waals surface area contributed by atoms with Gasteiger partial charge in [-0.25, -0.2) is 9.78 Å². The predicted octanol–water partition coefficient (Wildman–Crippen LogP) is 3.50. The third-order valence-electron chi connectivity index (χ3n) is 3.99. The molecule has 0 fully saturated rings. The fourth-order valence-electron chi connectivity index (χ4n) is 2.31. The van der Waals surface area contributed by atoms with Crippen LogP contribution in [0, 0.1) is 6.92 Å². The van der Waals surface area contributed by atoms with Crippen molar-refractivity contribution >= 4 is 23.1 Å². The Morgan fingerprint density at radius 2 is 2.04 bits per heavy atom. The van der Waals surface area contributed by atoms with Gasteiger partial charge >= 0.3 is 6.03 Å². The van der Waals surface area contributed by atoms with Crippen LogP contribution >= 0.6 is 11.3 Å². The van der Waals surface area contributed by atoms with E-state index in [1.54, 1.807) is 48.7 Å². The highest BCUT2D eigenvalue weighted by Crippen LogP contribution is 2.31. The fraction of sp³-hybridized carbons (Fsp3) is 0.471. The van der Waals surface area contributed by atoms with Crippen LogP contribution in [0.5, 0.6) is 0 Å². The van der Waals surface area contributed by atoms with Crippen LogP contribution in [0.25, 0.3) is 0 Å². The van der Waals surface area contributed by atoms with Gasteiger partial charge in [-0.15, -0.1) is 11.3 Å². The van der Waals surface area contributed by atoms with Gasteiger partial charge in [-0.1, -0.05) is 13.8 Å².